The highest BCUT2D eigenvalue weighted by molar-refractivity contribution is 5.88. The van der Waals surface area contributed by atoms with Crippen molar-refractivity contribution in [3.8, 4) is 5.75 Å². The van der Waals surface area contributed by atoms with Gasteiger partial charge in [0.1, 0.15) is 11.3 Å². The zero-order valence-electron chi connectivity index (χ0n) is 19.6. The molecule has 8 nitrogen and oxygen atoms in total. The van der Waals surface area contributed by atoms with Crippen LogP contribution in [-0.2, 0) is 22.4 Å². The first-order chi connectivity index (χ1) is 16.9. The number of carbonyl (C=O) groups excluding carboxylic acids is 2. The maximum atomic E-state index is 12.7. The second-order valence-electron chi connectivity index (χ2n) is 8.56. The molecule has 2 aromatic carbocycles. The molecule has 2 N–H and O–H groups in total. The first-order valence-electron chi connectivity index (χ1n) is 11.7. The van der Waals surface area contributed by atoms with Crippen molar-refractivity contribution in [1.29, 1.82) is 0 Å². The third-order valence-electron chi connectivity index (χ3n) is 5.98. The van der Waals surface area contributed by atoms with Crippen LogP contribution in [0.15, 0.2) is 63.9 Å². The van der Waals surface area contributed by atoms with E-state index in [2.05, 4.69) is 17.2 Å². The van der Waals surface area contributed by atoms with Crippen LogP contribution >= 0.6 is 0 Å². The van der Waals surface area contributed by atoms with Crippen LogP contribution in [0.4, 0.5) is 0 Å². The van der Waals surface area contributed by atoms with Crippen LogP contribution in [-0.4, -0.2) is 29.0 Å². The van der Waals surface area contributed by atoms with Gasteiger partial charge < -0.3 is 29.4 Å². The summed E-state index contributed by atoms with van der Waals surface area (Å²) >= 11 is 0. The standard InChI is InChI=1S/C27H28N2O6/c1-3-4-7-17-13-25(30)35-24-14-19(10-11-21(17)24)34-16(2)26(31)29-23(27(32)33)12-18-15-28-22-9-6-5-8-20(18)22/h5-6,8-11,13-16,23,28H,3-4,7,12H2,1-2H3,(H,29,31)(H,32,33)/p-1/t16-,23+/m1/s1. The fraction of sp³-hybridized carbons (Fsp3) is 0.296. The number of para-hydroxylation sites is 1. The average Bonchev–Trinajstić information content (AvgIpc) is 3.24. The summed E-state index contributed by atoms with van der Waals surface area (Å²) in [6.07, 6.45) is 3.51. The van der Waals surface area contributed by atoms with Gasteiger partial charge in [0, 0.05) is 41.0 Å². The Kier molecular flexibility index (Phi) is 7.19. The Bertz CT molecular complexity index is 1420. The number of ether oxygens (including phenoxy) is 1. The molecule has 35 heavy (non-hydrogen) atoms. The minimum Gasteiger partial charge on any atom is -0.548 e. The van der Waals surface area contributed by atoms with Crippen LogP contribution in [0.5, 0.6) is 5.75 Å². The predicted molar refractivity (Wildman–Crippen MR) is 130 cm³/mol. The Labute approximate surface area is 201 Å². The topological polar surface area (TPSA) is 124 Å². The minimum atomic E-state index is -1.39. The number of hydrogen-bond acceptors (Lipinski definition) is 6. The molecule has 0 fully saturated rings. The van der Waals surface area contributed by atoms with Crippen molar-refractivity contribution in [3.05, 3.63) is 76.3 Å². The number of rotatable bonds is 10. The van der Waals surface area contributed by atoms with E-state index in [-0.39, 0.29) is 6.42 Å². The molecule has 0 spiro atoms. The summed E-state index contributed by atoms with van der Waals surface area (Å²) in [6.45, 7) is 3.60. The smallest absolute Gasteiger partial charge is 0.336 e. The van der Waals surface area contributed by atoms with E-state index in [1.165, 1.54) is 13.0 Å². The summed E-state index contributed by atoms with van der Waals surface area (Å²) in [5, 5.41) is 15.9. The minimum absolute atomic E-state index is 0.0620. The number of amides is 1. The lowest BCUT2D eigenvalue weighted by molar-refractivity contribution is -0.308. The van der Waals surface area contributed by atoms with Crippen molar-refractivity contribution in [2.24, 2.45) is 0 Å². The molecule has 0 aliphatic carbocycles. The summed E-state index contributed by atoms with van der Waals surface area (Å²) < 4.78 is 11.1. The molecule has 0 unspecified atom stereocenters. The number of aromatic nitrogens is 1. The molecule has 8 heteroatoms. The largest absolute Gasteiger partial charge is 0.548 e. The Morgan fingerprint density at radius 3 is 2.69 bits per heavy atom. The number of carboxylic acid groups (broad SMARTS) is 1. The van der Waals surface area contributed by atoms with Crippen LogP contribution in [0.3, 0.4) is 0 Å². The fourth-order valence-corrected chi connectivity index (χ4v) is 4.12. The number of benzene rings is 2. The molecule has 0 saturated heterocycles. The Balaban J connectivity index is 1.46. The first-order valence-corrected chi connectivity index (χ1v) is 11.7. The zero-order chi connectivity index (χ0) is 24.9. The molecule has 2 atom stereocenters. The monoisotopic (exact) mass is 475 g/mol. The Hall–Kier alpha value is -4.07. The van der Waals surface area contributed by atoms with Crippen molar-refractivity contribution in [3.63, 3.8) is 0 Å². The molecule has 1 amide bonds. The van der Waals surface area contributed by atoms with Crippen LogP contribution in [0.25, 0.3) is 21.9 Å². The van der Waals surface area contributed by atoms with Crippen molar-refractivity contribution in [2.45, 2.75) is 51.7 Å². The Morgan fingerprint density at radius 1 is 1.11 bits per heavy atom. The lowest BCUT2D eigenvalue weighted by Crippen LogP contribution is -2.52. The fourth-order valence-electron chi connectivity index (χ4n) is 4.12. The number of aliphatic carboxylic acids is 1. The maximum absolute atomic E-state index is 12.7. The van der Waals surface area contributed by atoms with Crippen LogP contribution in [0.1, 0.15) is 37.8 Å². The molecule has 2 aromatic heterocycles. The van der Waals surface area contributed by atoms with E-state index in [9.17, 15) is 19.5 Å². The van der Waals surface area contributed by atoms with Gasteiger partial charge in [-0.2, -0.15) is 0 Å². The number of H-pyrrole nitrogens is 1. The molecule has 2 heterocycles. The number of nitrogens with one attached hydrogen (secondary N) is 2. The van der Waals surface area contributed by atoms with Crippen molar-refractivity contribution < 1.29 is 23.8 Å². The second-order valence-corrected chi connectivity index (χ2v) is 8.56. The molecule has 182 valence electrons. The summed E-state index contributed by atoms with van der Waals surface area (Å²) in [6, 6.07) is 12.8. The lowest BCUT2D eigenvalue weighted by Gasteiger charge is -2.22. The number of aromatic amines is 1. The second kappa shape index (κ2) is 10.5. The summed E-state index contributed by atoms with van der Waals surface area (Å²) in [5.74, 6) is -1.65. The van der Waals surface area contributed by atoms with Crippen molar-refractivity contribution in [2.75, 3.05) is 0 Å². The van der Waals surface area contributed by atoms with Gasteiger partial charge in [0.2, 0.25) is 0 Å². The van der Waals surface area contributed by atoms with E-state index in [1.54, 1.807) is 24.4 Å². The van der Waals surface area contributed by atoms with Gasteiger partial charge in [-0.15, -0.1) is 0 Å². The number of unbranched alkanes of at least 4 members (excludes halogenated alkanes) is 1. The van der Waals surface area contributed by atoms with Gasteiger partial charge in [-0.05, 0) is 49.1 Å². The summed E-state index contributed by atoms with van der Waals surface area (Å²) in [7, 11) is 0. The van der Waals surface area contributed by atoms with E-state index in [1.807, 2.05) is 24.3 Å². The predicted octanol–water partition coefficient (Wildman–Crippen LogP) is 2.86. The molecule has 4 rings (SSSR count). The number of aryl methyl sites for hydroxylation is 1. The summed E-state index contributed by atoms with van der Waals surface area (Å²) in [4.78, 5) is 39.5. The van der Waals surface area contributed by atoms with E-state index in [4.69, 9.17) is 9.15 Å². The van der Waals surface area contributed by atoms with Gasteiger partial charge in [0.25, 0.3) is 5.91 Å². The van der Waals surface area contributed by atoms with Crippen molar-refractivity contribution in [1.82, 2.24) is 10.3 Å². The van der Waals surface area contributed by atoms with E-state index >= 15 is 0 Å². The number of carbonyl (C=O) groups is 2. The van der Waals surface area contributed by atoms with E-state index in [0.29, 0.717) is 11.3 Å². The third-order valence-corrected chi connectivity index (χ3v) is 5.98. The number of hydrogen-bond donors (Lipinski definition) is 2. The van der Waals surface area contributed by atoms with Gasteiger partial charge >= 0.3 is 5.63 Å². The first kappa shape index (κ1) is 24.1. The normalized spacial score (nSPS) is 13.0. The van der Waals surface area contributed by atoms with Crippen LogP contribution in [0, 0.1) is 0 Å². The molecule has 0 bridgehead atoms. The number of carboxylic acids is 1. The van der Waals surface area contributed by atoms with Gasteiger partial charge in [-0.25, -0.2) is 4.79 Å². The van der Waals surface area contributed by atoms with Crippen LogP contribution in [0.2, 0.25) is 0 Å². The summed E-state index contributed by atoms with van der Waals surface area (Å²) in [5.41, 5.74) is 2.47. The Morgan fingerprint density at radius 2 is 1.91 bits per heavy atom. The van der Waals surface area contributed by atoms with Gasteiger partial charge in [-0.1, -0.05) is 31.5 Å². The molecule has 0 aliphatic rings. The number of fused-ring (bicyclic) bond motifs is 2. The zero-order valence-corrected chi connectivity index (χ0v) is 19.6. The SMILES string of the molecule is CCCCc1cc(=O)oc2cc(O[C@H](C)C(=O)N[C@@H](Cc3c[nH]c4ccccc34)C(=O)[O-])ccc12. The molecule has 4 aromatic rings. The van der Waals surface area contributed by atoms with Gasteiger partial charge in [0.15, 0.2) is 6.10 Å². The van der Waals surface area contributed by atoms with E-state index < -0.39 is 29.6 Å². The quantitative estimate of drug-likeness (QED) is 0.340. The van der Waals surface area contributed by atoms with E-state index in [0.717, 1.165) is 46.7 Å². The molecule has 0 aliphatic heterocycles. The van der Waals surface area contributed by atoms with Gasteiger partial charge in [0.05, 0.1) is 12.0 Å². The highest BCUT2D eigenvalue weighted by Crippen LogP contribution is 2.25. The molecule has 0 radical (unpaired) electrons. The average molecular weight is 476 g/mol. The molecular formula is C27H27N2O6-. The van der Waals surface area contributed by atoms with Crippen LogP contribution < -0.4 is 20.8 Å². The highest BCUT2D eigenvalue weighted by Gasteiger charge is 2.22. The van der Waals surface area contributed by atoms with Crippen molar-refractivity contribution >= 4 is 33.7 Å². The lowest BCUT2D eigenvalue weighted by atomic mass is 10.0. The maximum Gasteiger partial charge on any atom is 0.336 e. The molecule has 0 saturated carbocycles. The third kappa shape index (κ3) is 5.54. The molecular weight excluding hydrogens is 448 g/mol. The highest BCUT2D eigenvalue weighted by atomic mass is 16.5. The van der Waals surface area contributed by atoms with Gasteiger partial charge in [-0.3, -0.25) is 4.79 Å².